The first-order valence-electron chi connectivity index (χ1n) is 9.76. The molecule has 156 valence electrons. The molecule has 1 amide bonds. The summed E-state index contributed by atoms with van der Waals surface area (Å²) >= 11 is 6.37. The van der Waals surface area contributed by atoms with Crippen molar-refractivity contribution in [2.45, 2.75) is 38.8 Å². The van der Waals surface area contributed by atoms with Gasteiger partial charge in [-0.15, -0.1) is 0 Å². The zero-order valence-electron chi connectivity index (χ0n) is 16.7. The van der Waals surface area contributed by atoms with Crippen molar-refractivity contribution in [1.29, 1.82) is 0 Å². The second-order valence-electron chi connectivity index (χ2n) is 7.35. The molecule has 5 N–H and O–H groups in total. The summed E-state index contributed by atoms with van der Waals surface area (Å²) in [6.07, 6.45) is 1.35. The fourth-order valence-corrected chi connectivity index (χ4v) is 3.76. The number of carbonyl (C=O) groups is 1. The average Bonchev–Trinajstić information content (AvgIpc) is 3.10. The van der Waals surface area contributed by atoms with Crippen molar-refractivity contribution >= 4 is 46.1 Å². The topological polar surface area (TPSA) is 131 Å². The van der Waals surface area contributed by atoms with Crippen LogP contribution in [0.3, 0.4) is 0 Å². The summed E-state index contributed by atoms with van der Waals surface area (Å²) in [5.74, 6) is 1.87. The van der Waals surface area contributed by atoms with Crippen molar-refractivity contribution in [2.75, 3.05) is 22.9 Å². The van der Waals surface area contributed by atoms with E-state index < -0.39 is 0 Å². The molecular weight excluding hydrogens is 404 g/mol. The van der Waals surface area contributed by atoms with E-state index in [2.05, 4.69) is 30.9 Å². The molecule has 9 nitrogen and oxygen atoms in total. The van der Waals surface area contributed by atoms with E-state index in [1.165, 1.54) is 0 Å². The highest BCUT2D eigenvalue weighted by Gasteiger charge is 2.22. The summed E-state index contributed by atoms with van der Waals surface area (Å²) in [6.45, 7) is 4.33. The van der Waals surface area contributed by atoms with Crippen LogP contribution >= 0.6 is 11.6 Å². The molecule has 0 spiro atoms. The maximum atomic E-state index is 11.5. The van der Waals surface area contributed by atoms with Gasteiger partial charge in [-0.25, -0.2) is 4.98 Å². The van der Waals surface area contributed by atoms with Gasteiger partial charge in [0, 0.05) is 30.0 Å². The zero-order chi connectivity index (χ0) is 21.3. The molecule has 1 saturated heterocycles. The molecule has 3 heterocycles. The van der Waals surface area contributed by atoms with Crippen molar-refractivity contribution in [1.82, 2.24) is 25.3 Å². The Morgan fingerprint density at radius 1 is 1.30 bits per heavy atom. The van der Waals surface area contributed by atoms with Crippen molar-refractivity contribution in [2.24, 2.45) is 0 Å². The van der Waals surface area contributed by atoms with E-state index in [9.17, 15) is 4.79 Å². The molecule has 0 radical (unpaired) electrons. The third kappa shape index (κ3) is 4.35. The van der Waals surface area contributed by atoms with Crippen LogP contribution in [-0.2, 0) is 4.79 Å². The highest BCUT2D eigenvalue weighted by molar-refractivity contribution is 6.35. The van der Waals surface area contributed by atoms with Crippen LogP contribution in [0, 0.1) is 6.92 Å². The molecular formula is C20H23ClN8O. The molecule has 1 unspecified atom stereocenters. The molecule has 1 aliphatic rings. The van der Waals surface area contributed by atoms with Gasteiger partial charge in [-0.05, 0) is 32.4 Å². The van der Waals surface area contributed by atoms with Crippen molar-refractivity contribution in [3.05, 3.63) is 40.7 Å². The average molecular weight is 427 g/mol. The van der Waals surface area contributed by atoms with E-state index in [-0.39, 0.29) is 23.9 Å². The lowest BCUT2D eigenvalue weighted by Crippen LogP contribution is -2.32. The number of aromatic nitrogens is 4. The molecule has 2 aromatic heterocycles. The van der Waals surface area contributed by atoms with Gasteiger partial charge in [0.25, 0.3) is 0 Å². The Morgan fingerprint density at radius 3 is 2.87 bits per heavy atom. The van der Waals surface area contributed by atoms with Gasteiger partial charge >= 0.3 is 0 Å². The van der Waals surface area contributed by atoms with Gasteiger partial charge < -0.3 is 21.7 Å². The fraction of sp³-hybridized carbons (Fsp3) is 0.350. The molecule has 1 aromatic carbocycles. The highest BCUT2D eigenvalue weighted by atomic mass is 35.5. The summed E-state index contributed by atoms with van der Waals surface area (Å²) in [4.78, 5) is 28.7. The Bertz CT molecular complexity index is 1090. The minimum Gasteiger partial charge on any atom is -0.368 e. The van der Waals surface area contributed by atoms with Crippen LogP contribution in [-0.4, -0.2) is 38.4 Å². The molecule has 4 rings (SSSR count). The molecule has 30 heavy (non-hydrogen) atoms. The first-order valence-corrected chi connectivity index (χ1v) is 10.1. The van der Waals surface area contributed by atoms with E-state index in [1.807, 2.05) is 31.2 Å². The van der Waals surface area contributed by atoms with Crippen LogP contribution < -0.4 is 21.7 Å². The molecule has 2 atom stereocenters. The van der Waals surface area contributed by atoms with Crippen LogP contribution in [0.2, 0.25) is 5.02 Å². The molecule has 1 aliphatic heterocycles. The Morgan fingerprint density at radius 2 is 2.13 bits per heavy atom. The number of carbonyl (C=O) groups excluding carboxylic acids is 1. The second kappa shape index (κ2) is 8.27. The number of hydrogen-bond acceptors (Lipinski definition) is 8. The highest BCUT2D eigenvalue weighted by Crippen LogP contribution is 2.31. The van der Waals surface area contributed by atoms with Crippen LogP contribution in [0.15, 0.2) is 24.3 Å². The number of nitrogens with zero attached hydrogens (tertiary/aromatic N) is 4. The number of rotatable bonds is 6. The van der Waals surface area contributed by atoms with E-state index in [1.54, 1.807) is 6.92 Å². The molecule has 0 saturated carbocycles. The summed E-state index contributed by atoms with van der Waals surface area (Å²) in [5, 5.41) is 11.1. The van der Waals surface area contributed by atoms with E-state index in [0.29, 0.717) is 41.1 Å². The summed E-state index contributed by atoms with van der Waals surface area (Å²) in [6, 6.07) is 7.61. The van der Waals surface area contributed by atoms with Crippen molar-refractivity contribution in [3.63, 3.8) is 0 Å². The number of halogens is 1. The van der Waals surface area contributed by atoms with Gasteiger partial charge in [0.05, 0.1) is 16.6 Å². The first kappa shape index (κ1) is 20.1. The van der Waals surface area contributed by atoms with Crippen LogP contribution in [0.4, 0.5) is 17.7 Å². The Balaban J connectivity index is 1.65. The van der Waals surface area contributed by atoms with Gasteiger partial charge in [-0.3, -0.25) is 4.79 Å². The van der Waals surface area contributed by atoms with Crippen molar-refractivity contribution in [3.8, 4) is 0 Å². The predicted octanol–water partition coefficient (Wildman–Crippen LogP) is 2.83. The van der Waals surface area contributed by atoms with Gasteiger partial charge in [0.15, 0.2) is 0 Å². The second-order valence-corrected chi connectivity index (χ2v) is 7.76. The maximum absolute atomic E-state index is 11.5. The Hall–Kier alpha value is -3.20. The minimum absolute atomic E-state index is 0.0725. The number of amides is 1. The van der Waals surface area contributed by atoms with Gasteiger partial charge in [0.1, 0.15) is 11.6 Å². The van der Waals surface area contributed by atoms with E-state index in [0.717, 1.165) is 17.4 Å². The maximum Gasteiger partial charge on any atom is 0.228 e. The number of fused-ring (bicyclic) bond motifs is 1. The monoisotopic (exact) mass is 426 g/mol. The van der Waals surface area contributed by atoms with Crippen molar-refractivity contribution < 1.29 is 4.79 Å². The van der Waals surface area contributed by atoms with E-state index in [4.69, 9.17) is 22.3 Å². The number of pyridine rings is 1. The molecule has 1 fully saturated rings. The lowest BCUT2D eigenvalue weighted by molar-refractivity contribution is -0.119. The van der Waals surface area contributed by atoms with Crippen LogP contribution in [0.25, 0.3) is 10.9 Å². The lowest BCUT2D eigenvalue weighted by Gasteiger charge is -2.21. The van der Waals surface area contributed by atoms with E-state index >= 15 is 0 Å². The van der Waals surface area contributed by atoms with Crippen LogP contribution in [0.5, 0.6) is 0 Å². The summed E-state index contributed by atoms with van der Waals surface area (Å²) in [7, 11) is 0. The normalized spacial score (nSPS) is 17.0. The zero-order valence-corrected chi connectivity index (χ0v) is 17.5. The largest absolute Gasteiger partial charge is 0.368 e. The fourth-order valence-electron chi connectivity index (χ4n) is 3.54. The smallest absolute Gasteiger partial charge is 0.228 e. The molecule has 10 heteroatoms. The summed E-state index contributed by atoms with van der Waals surface area (Å²) in [5.41, 5.74) is 7.39. The van der Waals surface area contributed by atoms with Gasteiger partial charge in [-0.2, -0.15) is 15.0 Å². The number of hydrogen-bond donors (Lipinski definition) is 4. The Labute approximate surface area is 178 Å². The number of nitrogens with two attached hydrogens (primary N) is 1. The first-order chi connectivity index (χ1) is 14.4. The standard InChI is InChI=1S/C20H23ClN8O/c1-10(24-20-26-11(2)25-19(22)29-20)14-8-12-4-3-5-15(21)17(12)28-18(14)23-9-13-6-7-16(30)27-13/h3-5,8,10,13H,6-7,9H2,1-2H3,(H,23,28)(H,27,30)(H3,22,24,25,26,29)/t10-,13?/m0/s1. The Kier molecular flexibility index (Phi) is 5.54. The number of anilines is 3. The lowest BCUT2D eigenvalue weighted by atomic mass is 10.1. The number of para-hydroxylation sites is 1. The third-order valence-electron chi connectivity index (χ3n) is 5.00. The number of aryl methyl sites for hydroxylation is 1. The molecule has 0 aliphatic carbocycles. The predicted molar refractivity (Wildman–Crippen MR) is 117 cm³/mol. The van der Waals surface area contributed by atoms with Crippen LogP contribution in [0.1, 0.15) is 37.2 Å². The number of benzene rings is 1. The number of nitrogen functional groups attached to an aromatic ring is 1. The van der Waals surface area contributed by atoms with Gasteiger partial charge in [-0.1, -0.05) is 23.7 Å². The van der Waals surface area contributed by atoms with Gasteiger partial charge in [0.2, 0.25) is 17.8 Å². The SMILES string of the molecule is Cc1nc(N)nc(N[C@@H](C)c2cc3cccc(Cl)c3nc2NCC2CCC(=O)N2)n1. The number of nitrogens with one attached hydrogen (secondary N) is 3. The molecule has 3 aromatic rings. The summed E-state index contributed by atoms with van der Waals surface area (Å²) < 4.78 is 0. The quantitative estimate of drug-likeness (QED) is 0.473. The minimum atomic E-state index is -0.178. The third-order valence-corrected chi connectivity index (χ3v) is 5.31. The molecule has 0 bridgehead atoms.